The van der Waals surface area contributed by atoms with Gasteiger partial charge in [0.2, 0.25) is 0 Å². The maximum Gasteiger partial charge on any atom is 0.314 e. The topological polar surface area (TPSA) is 89.8 Å². The molecule has 1 unspecified atom stereocenters. The lowest BCUT2D eigenvalue weighted by atomic mass is 9.99. The molecule has 0 amide bonds. The van der Waals surface area contributed by atoms with E-state index in [0.717, 1.165) is 16.8 Å². The molecule has 118 valence electrons. The lowest BCUT2D eigenvalue weighted by molar-refractivity contribution is -0.138. The molecule has 24 heavy (non-hydrogen) atoms. The van der Waals surface area contributed by atoms with Crippen LogP contribution in [-0.4, -0.2) is 21.0 Å². The van der Waals surface area contributed by atoms with Crippen molar-refractivity contribution >= 4 is 5.97 Å². The number of carboxylic acid groups (broad SMARTS) is 1. The first-order chi connectivity index (χ1) is 11.7. The number of hydrogen-bond acceptors (Lipinski definition) is 3. The van der Waals surface area contributed by atoms with Crippen LogP contribution >= 0.6 is 0 Å². The van der Waals surface area contributed by atoms with Gasteiger partial charge in [0.05, 0.1) is 23.5 Å². The monoisotopic (exact) mass is 317 g/mol. The third-order valence-corrected chi connectivity index (χ3v) is 3.83. The molecular formula is C19H15N3O2. The number of hydrogen-bond donors (Lipinski definition) is 2. The van der Waals surface area contributed by atoms with E-state index in [1.807, 2.05) is 42.5 Å². The molecule has 0 fully saturated rings. The third-order valence-electron chi connectivity index (χ3n) is 3.83. The minimum atomic E-state index is -0.917. The summed E-state index contributed by atoms with van der Waals surface area (Å²) in [7, 11) is 0. The summed E-state index contributed by atoms with van der Waals surface area (Å²) in [5.41, 5.74) is 3.11. The van der Waals surface area contributed by atoms with Gasteiger partial charge in [0.25, 0.3) is 0 Å². The highest BCUT2D eigenvalue weighted by atomic mass is 16.4. The van der Waals surface area contributed by atoms with E-state index in [4.69, 9.17) is 5.26 Å². The summed E-state index contributed by atoms with van der Waals surface area (Å²) in [6.45, 7) is 0. The van der Waals surface area contributed by atoms with Gasteiger partial charge in [-0.3, -0.25) is 4.79 Å². The lowest BCUT2D eigenvalue weighted by Gasteiger charge is -2.09. The van der Waals surface area contributed by atoms with Crippen molar-refractivity contribution in [2.45, 2.75) is 12.3 Å². The van der Waals surface area contributed by atoms with Gasteiger partial charge in [-0.2, -0.15) is 5.26 Å². The van der Waals surface area contributed by atoms with E-state index in [0.29, 0.717) is 17.8 Å². The van der Waals surface area contributed by atoms with Crippen LogP contribution in [0, 0.1) is 11.3 Å². The first-order valence-corrected chi connectivity index (χ1v) is 7.49. The number of nitrogens with one attached hydrogen (secondary N) is 1. The fourth-order valence-corrected chi connectivity index (χ4v) is 2.54. The lowest BCUT2D eigenvalue weighted by Crippen LogP contribution is -2.16. The van der Waals surface area contributed by atoms with Crippen molar-refractivity contribution in [1.82, 2.24) is 9.97 Å². The number of aromatic amines is 1. The standard InChI is InChI=1S/C19H15N3O2/c20-11-14-6-8-15(9-7-14)17-12-21-18(22-17)16(19(23)24)10-13-4-2-1-3-5-13/h1-9,12,16H,10H2,(H,21,22)(H,23,24). The highest BCUT2D eigenvalue weighted by Gasteiger charge is 2.23. The summed E-state index contributed by atoms with van der Waals surface area (Å²) in [5.74, 6) is -1.23. The zero-order valence-electron chi connectivity index (χ0n) is 12.8. The number of nitriles is 1. The van der Waals surface area contributed by atoms with Crippen LogP contribution in [0.2, 0.25) is 0 Å². The predicted molar refractivity (Wildman–Crippen MR) is 89.3 cm³/mol. The molecule has 2 aromatic carbocycles. The second-order valence-electron chi connectivity index (χ2n) is 5.45. The molecule has 0 bridgehead atoms. The van der Waals surface area contributed by atoms with E-state index in [1.54, 1.807) is 18.3 Å². The Morgan fingerprint density at radius 1 is 1.17 bits per heavy atom. The number of benzene rings is 2. The third kappa shape index (κ3) is 3.33. The molecule has 0 aliphatic carbocycles. The van der Waals surface area contributed by atoms with Crippen LogP contribution in [0.4, 0.5) is 0 Å². The van der Waals surface area contributed by atoms with Crippen molar-refractivity contribution in [1.29, 1.82) is 5.26 Å². The Labute approximate surface area is 139 Å². The van der Waals surface area contributed by atoms with Crippen molar-refractivity contribution in [2.75, 3.05) is 0 Å². The number of carboxylic acids is 1. The summed E-state index contributed by atoms with van der Waals surface area (Å²) in [5, 5.41) is 18.4. The molecule has 5 nitrogen and oxygen atoms in total. The van der Waals surface area contributed by atoms with Crippen LogP contribution in [0.25, 0.3) is 11.3 Å². The molecule has 0 spiro atoms. The van der Waals surface area contributed by atoms with Gasteiger partial charge in [-0.15, -0.1) is 0 Å². The number of aromatic nitrogens is 2. The molecule has 1 atom stereocenters. The second kappa shape index (κ2) is 6.80. The average molecular weight is 317 g/mol. The summed E-state index contributed by atoms with van der Waals surface area (Å²) in [4.78, 5) is 19.0. The largest absolute Gasteiger partial charge is 0.481 e. The zero-order chi connectivity index (χ0) is 16.9. The maximum atomic E-state index is 11.6. The van der Waals surface area contributed by atoms with Crippen molar-refractivity contribution in [3.8, 4) is 17.3 Å². The molecule has 1 aromatic heterocycles. The zero-order valence-corrected chi connectivity index (χ0v) is 12.8. The van der Waals surface area contributed by atoms with Crippen LogP contribution in [0.1, 0.15) is 22.9 Å². The molecule has 0 radical (unpaired) electrons. The van der Waals surface area contributed by atoms with Crippen LogP contribution < -0.4 is 0 Å². The molecule has 0 saturated heterocycles. The highest BCUT2D eigenvalue weighted by molar-refractivity contribution is 5.75. The van der Waals surface area contributed by atoms with Gasteiger partial charge in [-0.25, -0.2) is 4.98 Å². The van der Waals surface area contributed by atoms with Crippen LogP contribution in [0.15, 0.2) is 60.8 Å². The number of rotatable bonds is 5. The average Bonchev–Trinajstić information content (AvgIpc) is 3.10. The van der Waals surface area contributed by atoms with Crippen molar-refractivity contribution < 1.29 is 9.90 Å². The van der Waals surface area contributed by atoms with E-state index in [2.05, 4.69) is 16.0 Å². The quantitative estimate of drug-likeness (QED) is 0.755. The number of carbonyl (C=O) groups is 1. The van der Waals surface area contributed by atoms with Gasteiger partial charge in [-0.05, 0) is 29.7 Å². The molecule has 1 heterocycles. The van der Waals surface area contributed by atoms with Gasteiger partial charge in [0, 0.05) is 0 Å². The molecule has 0 aliphatic rings. The van der Waals surface area contributed by atoms with Gasteiger partial charge in [0.15, 0.2) is 0 Å². The Kier molecular flexibility index (Phi) is 4.39. The van der Waals surface area contributed by atoms with Gasteiger partial charge in [-0.1, -0.05) is 42.5 Å². The van der Waals surface area contributed by atoms with Gasteiger partial charge in [0.1, 0.15) is 11.7 Å². The Morgan fingerprint density at radius 3 is 2.50 bits per heavy atom. The van der Waals surface area contributed by atoms with E-state index < -0.39 is 11.9 Å². The Balaban J connectivity index is 1.86. The van der Waals surface area contributed by atoms with Crippen LogP contribution in [0.3, 0.4) is 0 Å². The predicted octanol–water partition coefficient (Wildman–Crippen LogP) is 3.36. The Bertz CT molecular complexity index is 877. The molecule has 5 heteroatoms. The molecule has 3 aromatic rings. The first-order valence-electron chi connectivity index (χ1n) is 7.49. The molecule has 0 aliphatic heterocycles. The Morgan fingerprint density at radius 2 is 1.88 bits per heavy atom. The summed E-state index contributed by atoms with van der Waals surface area (Å²) < 4.78 is 0. The number of H-pyrrole nitrogens is 1. The van der Waals surface area contributed by atoms with Crippen molar-refractivity contribution in [3.05, 3.63) is 77.7 Å². The normalized spacial score (nSPS) is 11.6. The summed E-state index contributed by atoms with van der Waals surface area (Å²) in [6, 6.07) is 18.6. The van der Waals surface area contributed by atoms with E-state index in [9.17, 15) is 9.90 Å². The number of aliphatic carboxylic acids is 1. The first kappa shape index (κ1) is 15.5. The molecule has 3 rings (SSSR count). The minimum Gasteiger partial charge on any atom is -0.481 e. The molecule has 2 N–H and O–H groups in total. The SMILES string of the molecule is N#Cc1ccc(-c2cnc(C(Cc3ccccc3)C(=O)O)[nH]2)cc1. The summed E-state index contributed by atoms with van der Waals surface area (Å²) in [6.07, 6.45) is 1.99. The van der Waals surface area contributed by atoms with Crippen molar-refractivity contribution in [2.24, 2.45) is 0 Å². The minimum absolute atomic E-state index is 0.372. The van der Waals surface area contributed by atoms with E-state index in [1.165, 1.54) is 0 Å². The van der Waals surface area contributed by atoms with Gasteiger partial charge >= 0.3 is 5.97 Å². The number of imidazole rings is 1. The molecular weight excluding hydrogens is 302 g/mol. The van der Waals surface area contributed by atoms with Crippen molar-refractivity contribution in [3.63, 3.8) is 0 Å². The fourth-order valence-electron chi connectivity index (χ4n) is 2.54. The summed E-state index contributed by atoms with van der Waals surface area (Å²) >= 11 is 0. The molecule has 0 saturated carbocycles. The number of nitrogens with zero attached hydrogens (tertiary/aromatic N) is 2. The Hall–Kier alpha value is -3.39. The highest BCUT2D eigenvalue weighted by Crippen LogP contribution is 2.23. The maximum absolute atomic E-state index is 11.6. The second-order valence-corrected chi connectivity index (χ2v) is 5.45. The van der Waals surface area contributed by atoms with E-state index in [-0.39, 0.29) is 0 Å². The van der Waals surface area contributed by atoms with Crippen LogP contribution in [0.5, 0.6) is 0 Å². The van der Waals surface area contributed by atoms with E-state index >= 15 is 0 Å². The fraction of sp³-hybridized carbons (Fsp3) is 0.105. The van der Waals surface area contributed by atoms with Gasteiger partial charge < -0.3 is 10.1 Å². The smallest absolute Gasteiger partial charge is 0.314 e. The van der Waals surface area contributed by atoms with Crippen LogP contribution in [-0.2, 0) is 11.2 Å².